The van der Waals surface area contributed by atoms with Gasteiger partial charge in [0, 0.05) is 22.8 Å². The minimum atomic E-state index is -0.261. The van der Waals surface area contributed by atoms with E-state index in [0.29, 0.717) is 5.02 Å². The van der Waals surface area contributed by atoms with Crippen LogP contribution in [0.1, 0.15) is 25.5 Å². The van der Waals surface area contributed by atoms with Gasteiger partial charge in [-0.25, -0.2) is 4.39 Å². The summed E-state index contributed by atoms with van der Waals surface area (Å²) >= 11 is 6.00. The van der Waals surface area contributed by atoms with Crippen molar-refractivity contribution in [3.05, 3.63) is 58.9 Å². The maximum atomic E-state index is 13.0. The van der Waals surface area contributed by atoms with Crippen LogP contribution in [0.25, 0.3) is 0 Å². The molecular formula is C16H17ClFNO. The number of aromatic hydroxyl groups is 1. The maximum absolute atomic E-state index is 13.0. The Kier molecular flexibility index (Phi) is 4.50. The summed E-state index contributed by atoms with van der Waals surface area (Å²) in [5.41, 5.74) is 1.66. The van der Waals surface area contributed by atoms with Gasteiger partial charge in [-0.05, 0) is 56.3 Å². The molecule has 1 atom stereocenters. The van der Waals surface area contributed by atoms with Crippen LogP contribution in [0.15, 0.2) is 42.5 Å². The summed E-state index contributed by atoms with van der Waals surface area (Å²) in [6.07, 6.45) is 0. The third-order valence-electron chi connectivity index (χ3n) is 3.41. The molecule has 0 radical (unpaired) electrons. The van der Waals surface area contributed by atoms with Crippen LogP contribution in [0, 0.1) is 5.82 Å². The normalized spacial score (nSPS) is 12.2. The average molecular weight is 294 g/mol. The van der Waals surface area contributed by atoms with Crippen molar-refractivity contribution in [2.75, 3.05) is 11.4 Å². The van der Waals surface area contributed by atoms with Gasteiger partial charge in [0.25, 0.3) is 0 Å². The number of phenolic OH excluding ortho intramolecular Hbond substituents is 1. The lowest BCUT2D eigenvalue weighted by Crippen LogP contribution is -2.26. The third kappa shape index (κ3) is 3.05. The van der Waals surface area contributed by atoms with Crippen LogP contribution in [0.4, 0.5) is 10.1 Å². The van der Waals surface area contributed by atoms with Crippen molar-refractivity contribution < 1.29 is 9.50 Å². The Morgan fingerprint density at radius 3 is 2.45 bits per heavy atom. The predicted molar refractivity (Wildman–Crippen MR) is 81.0 cm³/mol. The molecule has 0 aromatic heterocycles. The topological polar surface area (TPSA) is 23.5 Å². The molecule has 4 heteroatoms. The highest BCUT2D eigenvalue weighted by molar-refractivity contribution is 6.30. The molecule has 0 aliphatic heterocycles. The summed E-state index contributed by atoms with van der Waals surface area (Å²) < 4.78 is 13.0. The Labute approximate surface area is 123 Å². The fourth-order valence-electron chi connectivity index (χ4n) is 2.34. The zero-order chi connectivity index (χ0) is 14.7. The summed E-state index contributed by atoms with van der Waals surface area (Å²) in [6, 6.07) is 11.3. The number of benzene rings is 2. The van der Waals surface area contributed by atoms with Crippen molar-refractivity contribution in [3.8, 4) is 5.75 Å². The molecule has 0 fully saturated rings. The third-order valence-corrected chi connectivity index (χ3v) is 3.64. The Morgan fingerprint density at radius 2 is 1.85 bits per heavy atom. The molecule has 0 saturated carbocycles. The van der Waals surface area contributed by atoms with Gasteiger partial charge in [-0.2, -0.15) is 0 Å². The molecule has 0 heterocycles. The number of nitrogens with zero attached hydrogens (tertiary/aromatic N) is 1. The minimum absolute atomic E-state index is 0.0656. The second-order valence-corrected chi connectivity index (χ2v) is 5.08. The Balaban J connectivity index is 2.35. The van der Waals surface area contributed by atoms with Gasteiger partial charge in [0.1, 0.15) is 11.6 Å². The van der Waals surface area contributed by atoms with Gasteiger partial charge in [0.15, 0.2) is 0 Å². The first kappa shape index (κ1) is 14.7. The molecule has 0 saturated heterocycles. The van der Waals surface area contributed by atoms with E-state index in [-0.39, 0.29) is 17.6 Å². The summed E-state index contributed by atoms with van der Waals surface area (Å²) in [6.45, 7) is 4.73. The zero-order valence-electron chi connectivity index (χ0n) is 11.5. The van der Waals surface area contributed by atoms with E-state index in [1.807, 2.05) is 13.8 Å². The van der Waals surface area contributed by atoms with Gasteiger partial charge in [0.2, 0.25) is 0 Å². The lowest BCUT2D eigenvalue weighted by molar-refractivity contribution is 0.461. The van der Waals surface area contributed by atoms with E-state index < -0.39 is 0 Å². The van der Waals surface area contributed by atoms with E-state index in [2.05, 4.69) is 4.90 Å². The highest BCUT2D eigenvalue weighted by atomic mass is 35.5. The summed E-state index contributed by atoms with van der Waals surface area (Å²) in [5, 5.41) is 10.6. The number of phenols is 1. The van der Waals surface area contributed by atoms with Crippen molar-refractivity contribution in [2.45, 2.75) is 19.9 Å². The minimum Gasteiger partial charge on any atom is -0.508 e. The number of anilines is 1. The Morgan fingerprint density at radius 1 is 1.20 bits per heavy atom. The van der Waals surface area contributed by atoms with E-state index in [1.165, 1.54) is 12.1 Å². The van der Waals surface area contributed by atoms with E-state index in [1.54, 1.807) is 30.3 Å². The first-order valence-electron chi connectivity index (χ1n) is 6.53. The molecule has 0 amide bonds. The SMILES string of the molecule is CCN(c1ccc(F)cc1)C(C)c1cc(Cl)ccc1O. The van der Waals surface area contributed by atoms with Crippen LogP contribution in [-0.2, 0) is 0 Å². The van der Waals surface area contributed by atoms with Crippen molar-refractivity contribution >= 4 is 17.3 Å². The van der Waals surface area contributed by atoms with Crippen molar-refractivity contribution in [2.24, 2.45) is 0 Å². The molecule has 2 aromatic carbocycles. The summed E-state index contributed by atoms with van der Waals surface area (Å²) in [7, 11) is 0. The van der Waals surface area contributed by atoms with Gasteiger partial charge in [-0.3, -0.25) is 0 Å². The number of hydrogen-bond donors (Lipinski definition) is 1. The summed E-state index contributed by atoms with van der Waals surface area (Å²) in [5.74, 6) is -0.0504. The first-order chi connectivity index (χ1) is 9.52. The number of hydrogen-bond acceptors (Lipinski definition) is 2. The fourth-order valence-corrected chi connectivity index (χ4v) is 2.52. The standard InChI is InChI=1S/C16H17ClFNO/c1-3-19(14-7-5-13(18)6-8-14)11(2)15-10-12(17)4-9-16(15)20/h4-11,20H,3H2,1-2H3. The van der Waals surface area contributed by atoms with Crippen molar-refractivity contribution in [3.63, 3.8) is 0 Å². The average Bonchev–Trinajstić information content (AvgIpc) is 2.44. The molecule has 2 nitrogen and oxygen atoms in total. The van der Waals surface area contributed by atoms with Crippen molar-refractivity contribution in [1.82, 2.24) is 0 Å². The molecule has 1 N–H and O–H groups in total. The second-order valence-electron chi connectivity index (χ2n) is 4.64. The molecule has 0 spiro atoms. The van der Waals surface area contributed by atoms with Crippen LogP contribution in [-0.4, -0.2) is 11.7 Å². The smallest absolute Gasteiger partial charge is 0.123 e. The maximum Gasteiger partial charge on any atom is 0.123 e. The predicted octanol–water partition coefficient (Wildman–Crippen LogP) is 4.77. The molecule has 0 bridgehead atoms. The highest BCUT2D eigenvalue weighted by Gasteiger charge is 2.18. The lowest BCUT2D eigenvalue weighted by Gasteiger charge is -2.31. The van der Waals surface area contributed by atoms with Crippen LogP contribution in [0.5, 0.6) is 5.75 Å². The van der Waals surface area contributed by atoms with Gasteiger partial charge >= 0.3 is 0 Å². The second kappa shape index (κ2) is 6.14. The molecule has 0 aliphatic carbocycles. The van der Waals surface area contributed by atoms with E-state index in [0.717, 1.165) is 17.8 Å². The van der Waals surface area contributed by atoms with Gasteiger partial charge in [-0.1, -0.05) is 11.6 Å². The quantitative estimate of drug-likeness (QED) is 0.877. The molecule has 0 aliphatic rings. The highest BCUT2D eigenvalue weighted by Crippen LogP contribution is 2.33. The zero-order valence-corrected chi connectivity index (χ0v) is 12.2. The van der Waals surface area contributed by atoms with E-state index in [9.17, 15) is 9.50 Å². The van der Waals surface area contributed by atoms with Crippen LogP contribution in [0.2, 0.25) is 5.02 Å². The van der Waals surface area contributed by atoms with Crippen molar-refractivity contribution in [1.29, 1.82) is 0 Å². The molecule has 1 unspecified atom stereocenters. The van der Waals surface area contributed by atoms with E-state index >= 15 is 0 Å². The van der Waals surface area contributed by atoms with Gasteiger partial charge in [0.05, 0.1) is 6.04 Å². The monoisotopic (exact) mass is 293 g/mol. The molecule has 20 heavy (non-hydrogen) atoms. The lowest BCUT2D eigenvalue weighted by atomic mass is 10.0. The molecule has 106 valence electrons. The van der Waals surface area contributed by atoms with Crippen LogP contribution >= 0.6 is 11.6 Å². The molecule has 2 rings (SSSR count). The Bertz CT molecular complexity index is 586. The molecule has 2 aromatic rings. The number of halogens is 2. The first-order valence-corrected chi connectivity index (χ1v) is 6.91. The van der Waals surface area contributed by atoms with Gasteiger partial charge in [-0.15, -0.1) is 0 Å². The number of rotatable bonds is 4. The Hall–Kier alpha value is -1.74. The van der Waals surface area contributed by atoms with Crippen LogP contribution in [0.3, 0.4) is 0 Å². The van der Waals surface area contributed by atoms with E-state index in [4.69, 9.17) is 11.6 Å². The molecular weight excluding hydrogens is 277 g/mol. The summed E-state index contributed by atoms with van der Waals surface area (Å²) in [4.78, 5) is 2.07. The largest absolute Gasteiger partial charge is 0.508 e. The van der Waals surface area contributed by atoms with Crippen LogP contribution < -0.4 is 4.90 Å². The fraction of sp³-hybridized carbons (Fsp3) is 0.250. The van der Waals surface area contributed by atoms with Gasteiger partial charge < -0.3 is 10.0 Å².